The van der Waals surface area contributed by atoms with Crippen LogP contribution >= 0.6 is 23.2 Å². The second-order valence-electron chi connectivity index (χ2n) is 13.3. The van der Waals surface area contributed by atoms with Gasteiger partial charge in [0.25, 0.3) is 5.91 Å². The third-order valence-corrected chi connectivity index (χ3v) is 10.7. The maximum atomic E-state index is 15.6. The minimum absolute atomic E-state index is 0.000612. The van der Waals surface area contributed by atoms with Crippen molar-refractivity contribution in [3.8, 4) is 22.6 Å². The highest BCUT2D eigenvalue weighted by Crippen LogP contribution is 2.47. The van der Waals surface area contributed by atoms with Gasteiger partial charge in [-0.25, -0.2) is 9.37 Å². The van der Waals surface area contributed by atoms with E-state index in [2.05, 4.69) is 34.1 Å². The Labute approximate surface area is 290 Å². The lowest BCUT2D eigenvalue weighted by Gasteiger charge is -2.22. The van der Waals surface area contributed by atoms with Crippen LogP contribution in [0.5, 0.6) is 11.5 Å². The fourth-order valence-electron chi connectivity index (χ4n) is 7.50. The number of rotatable bonds is 8. The number of halogens is 3. The summed E-state index contributed by atoms with van der Waals surface area (Å²) in [6.45, 7) is 6.36. The zero-order valence-corrected chi connectivity index (χ0v) is 29.2. The minimum Gasteiger partial charge on any atom is -0.495 e. The third-order valence-electron chi connectivity index (χ3n) is 9.98. The lowest BCUT2D eigenvalue weighted by molar-refractivity contribution is 0.101. The number of likely N-dealkylation sites (N-methyl/N-ethyl adjacent to an activating group) is 1. The van der Waals surface area contributed by atoms with Gasteiger partial charge in [0.2, 0.25) is 0 Å². The molecule has 3 heterocycles. The predicted octanol–water partition coefficient (Wildman–Crippen LogP) is 7.69. The number of methoxy groups -OCH3 is 1. The molecule has 3 aliphatic rings. The van der Waals surface area contributed by atoms with Crippen LogP contribution in [0.25, 0.3) is 11.1 Å². The van der Waals surface area contributed by atoms with Crippen LogP contribution in [0.3, 0.4) is 0 Å². The number of nitrogens with zero attached hydrogens (tertiary/aromatic N) is 4. The first-order chi connectivity index (χ1) is 23.1. The second kappa shape index (κ2) is 13.3. The van der Waals surface area contributed by atoms with Crippen molar-refractivity contribution in [2.24, 2.45) is 13.0 Å². The molecule has 2 atom stereocenters. The van der Waals surface area contributed by atoms with Crippen molar-refractivity contribution in [1.29, 1.82) is 0 Å². The van der Waals surface area contributed by atoms with Gasteiger partial charge in [-0.15, -0.1) is 0 Å². The molecule has 1 saturated heterocycles. The largest absolute Gasteiger partial charge is 0.495 e. The molecule has 8 nitrogen and oxygen atoms in total. The Hall–Kier alpha value is -3.63. The Kier molecular flexibility index (Phi) is 9.15. The Morgan fingerprint density at radius 1 is 1.04 bits per heavy atom. The number of fused-ring (bicyclic) bond motifs is 2. The van der Waals surface area contributed by atoms with Gasteiger partial charge in [-0.1, -0.05) is 60.5 Å². The molecule has 252 valence electrons. The number of benzene rings is 3. The molecule has 1 fully saturated rings. The molecule has 0 spiro atoms. The topological polar surface area (TPSA) is 71.9 Å². The highest BCUT2D eigenvalue weighted by molar-refractivity contribution is 6.36. The van der Waals surface area contributed by atoms with E-state index in [0.29, 0.717) is 59.7 Å². The quantitative estimate of drug-likeness (QED) is 0.204. The Balaban J connectivity index is 1.13. The summed E-state index contributed by atoms with van der Waals surface area (Å²) in [6, 6.07) is 13.1. The molecule has 11 heteroatoms. The highest BCUT2D eigenvalue weighted by atomic mass is 35.5. The van der Waals surface area contributed by atoms with Crippen molar-refractivity contribution in [3.63, 3.8) is 0 Å². The van der Waals surface area contributed by atoms with E-state index < -0.39 is 11.9 Å². The van der Waals surface area contributed by atoms with Crippen molar-refractivity contribution < 1.29 is 18.7 Å². The van der Waals surface area contributed by atoms with Crippen LogP contribution in [-0.4, -0.2) is 59.0 Å². The number of hydrogen-bond acceptors (Lipinski definition) is 6. The first-order valence-electron chi connectivity index (χ1n) is 16.5. The van der Waals surface area contributed by atoms with Crippen LogP contribution in [0.4, 0.5) is 10.1 Å². The molecule has 1 amide bonds. The van der Waals surface area contributed by atoms with Gasteiger partial charge in [-0.3, -0.25) is 9.69 Å². The van der Waals surface area contributed by atoms with Gasteiger partial charge in [0.15, 0.2) is 17.4 Å². The van der Waals surface area contributed by atoms with Crippen molar-refractivity contribution in [2.45, 2.75) is 51.8 Å². The number of amides is 1. The zero-order chi connectivity index (χ0) is 33.7. The van der Waals surface area contributed by atoms with Crippen LogP contribution in [-0.2, 0) is 33.0 Å². The Bertz CT molecular complexity index is 1900. The van der Waals surface area contributed by atoms with Gasteiger partial charge >= 0.3 is 0 Å². The number of hydrogen-bond donors (Lipinski definition) is 1. The molecule has 48 heavy (non-hydrogen) atoms. The molecule has 1 aliphatic carbocycles. The van der Waals surface area contributed by atoms with Gasteiger partial charge in [-0.2, -0.15) is 0 Å². The summed E-state index contributed by atoms with van der Waals surface area (Å²) in [5.41, 5.74) is 6.98. The Morgan fingerprint density at radius 2 is 1.83 bits per heavy atom. The molecule has 2 unspecified atom stereocenters. The number of imidazole rings is 1. The van der Waals surface area contributed by atoms with Crippen molar-refractivity contribution in [3.05, 3.63) is 92.2 Å². The molecule has 0 saturated carbocycles. The fraction of sp³-hybridized carbons (Fsp3) is 0.405. The zero-order valence-electron chi connectivity index (χ0n) is 27.7. The normalized spacial score (nSPS) is 19.3. The minimum atomic E-state index is -0.500. The van der Waals surface area contributed by atoms with Crippen molar-refractivity contribution in [2.75, 3.05) is 39.1 Å². The van der Waals surface area contributed by atoms with Gasteiger partial charge in [0.1, 0.15) is 16.9 Å². The highest BCUT2D eigenvalue weighted by Gasteiger charge is 2.31. The molecule has 2 aliphatic heterocycles. The molecule has 3 aromatic carbocycles. The van der Waals surface area contributed by atoms with Crippen LogP contribution in [0.1, 0.15) is 64.6 Å². The average Bonchev–Trinajstić information content (AvgIpc) is 3.76. The molecule has 0 bridgehead atoms. The molecule has 4 aromatic rings. The molecular formula is C37H40Cl2FN5O3. The number of carbonyl (C=O) groups is 1. The summed E-state index contributed by atoms with van der Waals surface area (Å²) in [5, 5.41) is 3.58. The summed E-state index contributed by atoms with van der Waals surface area (Å²) in [4.78, 5) is 22.6. The van der Waals surface area contributed by atoms with Crippen LogP contribution in [0.15, 0.2) is 42.5 Å². The van der Waals surface area contributed by atoms with E-state index in [9.17, 15) is 4.79 Å². The van der Waals surface area contributed by atoms with E-state index in [-0.39, 0.29) is 16.7 Å². The lowest BCUT2D eigenvalue weighted by atomic mass is 9.96. The van der Waals surface area contributed by atoms with E-state index >= 15 is 4.39 Å². The SMILES string of the molecule is COc1c(CN2CCC(C)C2)cc(F)c(OC2CCc3c(-c4cccc(NC(=O)c5nc6c(n5C)CCN(C)C6)c4Cl)cccc32)c1Cl. The van der Waals surface area contributed by atoms with Gasteiger partial charge in [0.05, 0.1) is 23.5 Å². The molecular weight excluding hydrogens is 652 g/mol. The lowest BCUT2D eigenvalue weighted by Crippen LogP contribution is -2.27. The molecule has 0 radical (unpaired) electrons. The van der Waals surface area contributed by atoms with E-state index in [0.717, 1.165) is 66.1 Å². The third kappa shape index (κ3) is 6.06. The maximum absolute atomic E-state index is 15.6. The van der Waals surface area contributed by atoms with Gasteiger partial charge in [-0.05, 0) is 67.6 Å². The van der Waals surface area contributed by atoms with Crippen molar-refractivity contribution >= 4 is 34.8 Å². The summed E-state index contributed by atoms with van der Waals surface area (Å²) in [7, 11) is 5.49. The van der Waals surface area contributed by atoms with E-state index in [1.165, 1.54) is 6.07 Å². The summed E-state index contributed by atoms with van der Waals surface area (Å²) in [6.07, 6.45) is 2.91. The van der Waals surface area contributed by atoms with Crippen LogP contribution in [0, 0.1) is 11.7 Å². The number of aromatic nitrogens is 2. The monoisotopic (exact) mass is 691 g/mol. The number of anilines is 1. The van der Waals surface area contributed by atoms with E-state index in [4.69, 9.17) is 32.7 Å². The molecule has 1 aromatic heterocycles. The number of nitrogens with one attached hydrogen (secondary N) is 1. The van der Waals surface area contributed by atoms with Crippen molar-refractivity contribution in [1.82, 2.24) is 19.4 Å². The number of likely N-dealkylation sites (tertiary alicyclic amines) is 1. The molecule has 1 N–H and O–H groups in total. The first-order valence-corrected chi connectivity index (χ1v) is 17.3. The summed E-state index contributed by atoms with van der Waals surface area (Å²) in [5.74, 6) is 0.611. The van der Waals surface area contributed by atoms with E-state index in [1.807, 2.05) is 41.9 Å². The molecule has 7 rings (SSSR count). The number of carbonyl (C=O) groups excluding carboxylic acids is 1. The fourth-order valence-corrected chi connectivity index (χ4v) is 8.11. The van der Waals surface area contributed by atoms with Crippen LogP contribution in [0.2, 0.25) is 10.0 Å². The summed E-state index contributed by atoms with van der Waals surface area (Å²) < 4.78 is 29.5. The first kappa shape index (κ1) is 32.9. The van der Waals surface area contributed by atoms with E-state index in [1.54, 1.807) is 13.2 Å². The number of ether oxygens (including phenoxy) is 2. The van der Waals surface area contributed by atoms with Crippen LogP contribution < -0.4 is 14.8 Å². The van der Waals surface area contributed by atoms with Gasteiger partial charge < -0.3 is 24.3 Å². The predicted molar refractivity (Wildman–Crippen MR) is 187 cm³/mol. The summed E-state index contributed by atoms with van der Waals surface area (Å²) >= 11 is 13.8. The smallest absolute Gasteiger partial charge is 0.291 e. The average molecular weight is 693 g/mol. The standard InChI is InChI=1S/C37H40Cl2FN5O3/c1-21-13-16-45(18-21)19-22-17-27(40)35(33(39)34(22)47-4)48-31-12-11-24-23(7-5-8-25(24)31)26-9-6-10-28(32(26)38)42-37(46)36-41-29-20-43(2)15-14-30(29)44(36)3/h5-10,17,21,31H,11-16,18-20H2,1-4H3,(H,42,46). The second-order valence-corrected chi connectivity index (χ2v) is 14.1. The maximum Gasteiger partial charge on any atom is 0.291 e. The Morgan fingerprint density at radius 3 is 2.60 bits per heavy atom. The van der Waals surface area contributed by atoms with Gasteiger partial charge in [0, 0.05) is 56.5 Å².